The number of ether oxygens (including phenoxy) is 2. The molecule has 0 aliphatic heterocycles. The van der Waals surface area contributed by atoms with Gasteiger partial charge in [-0.05, 0) is 73.5 Å². The molecule has 1 aliphatic rings. The predicted molar refractivity (Wildman–Crippen MR) is 135 cm³/mol. The summed E-state index contributed by atoms with van der Waals surface area (Å²) < 4.78 is 10.7. The largest absolute Gasteiger partial charge is 0.497 e. The van der Waals surface area contributed by atoms with Gasteiger partial charge in [0.05, 0.1) is 7.11 Å². The molecule has 1 saturated carbocycles. The van der Waals surface area contributed by atoms with Gasteiger partial charge in [-0.25, -0.2) is 4.98 Å². The Bertz CT molecular complexity index is 1360. The zero-order valence-corrected chi connectivity index (χ0v) is 19.7. The van der Waals surface area contributed by atoms with Crippen LogP contribution in [0.5, 0.6) is 11.5 Å². The highest BCUT2D eigenvalue weighted by atomic mass is 16.5. The highest BCUT2D eigenvalue weighted by molar-refractivity contribution is 6.04. The number of carbonyl (C=O) groups is 2. The van der Waals surface area contributed by atoms with Crippen molar-refractivity contribution in [3.8, 4) is 22.9 Å². The summed E-state index contributed by atoms with van der Waals surface area (Å²) in [5.41, 5.74) is 2.63. The SMILES string of the molecule is COc1cccc(NC(=O)COc2ccc(C(=O)Nc3ccc(-c4n[nH]c(C5CC5)n4)cc3)cc2)c1. The number of nitrogens with one attached hydrogen (secondary N) is 3. The fourth-order valence-electron chi connectivity index (χ4n) is 3.60. The topological polar surface area (TPSA) is 118 Å². The normalized spacial score (nSPS) is 12.6. The van der Waals surface area contributed by atoms with E-state index in [9.17, 15) is 9.59 Å². The lowest BCUT2D eigenvalue weighted by atomic mass is 10.1. The van der Waals surface area contributed by atoms with E-state index in [1.807, 2.05) is 24.3 Å². The molecule has 5 rings (SSSR count). The molecule has 182 valence electrons. The highest BCUT2D eigenvalue weighted by Gasteiger charge is 2.27. The average Bonchev–Trinajstić information content (AvgIpc) is 3.64. The number of aromatic amines is 1. The minimum atomic E-state index is -0.303. The molecule has 0 unspecified atom stereocenters. The van der Waals surface area contributed by atoms with Crippen molar-refractivity contribution in [1.29, 1.82) is 0 Å². The molecule has 1 fully saturated rings. The van der Waals surface area contributed by atoms with E-state index in [0.29, 0.717) is 40.2 Å². The van der Waals surface area contributed by atoms with E-state index in [2.05, 4.69) is 25.8 Å². The number of nitrogens with zero attached hydrogens (tertiary/aromatic N) is 2. The zero-order valence-electron chi connectivity index (χ0n) is 19.7. The summed E-state index contributed by atoms with van der Waals surface area (Å²) in [6, 6.07) is 21.0. The summed E-state index contributed by atoms with van der Waals surface area (Å²) in [5, 5.41) is 12.9. The van der Waals surface area contributed by atoms with Crippen molar-refractivity contribution in [2.24, 2.45) is 0 Å². The number of methoxy groups -OCH3 is 1. The molecule has 2 amide bonds. The van der Waals surface area contributed by atoms with E-state index in [1.54, 1.807) is 55.6 Å². The molecule has 4 aromatic rings. The lowest BCUT2D eigenvalue weighted by molar-refractivity contribution is -0.118. The van der Waals surface area contributed by atoms with Crippen molar-refractivity contribution in [3.63, 3.8) is 0 Å². The van der Waals surface area contributed by atoms with Gasteiger partial charge in [-0.1, -0.05) is 6.07 Å². The van der Waals surface area contributed by atoms with Crippen molar-refractivity contribution >= 4 is 23.2 Å². The molecule has 36 heavy (non-hydrogen) atoms. The third-order valence-corrected chi connectivity index (χ3v) is 5.71. The maximum Gasteiger partial charge on any atom is 0.262 e. The number of hydrogen-bond acceptors (Lipinski definition) is 6. The molecule has 0 spiro atoms. The van der Waals surface area contributed by atoms with Gasteiger partial charge in [0.25, 0.3) is 11.8 Å². The minimum Gasteiger partial charge on any atom is -0.497 e. The molecule has 9 nitrogen and oxygen atoms in total. The van der Waals surface area contributed by atoms with Gasteiger partial charge in [-0.3, -0.25) is 14.7 Å². The van der Waals surface area contributed by atoms with E-state index in [4.69, 9.17) is 9.47 Å². The van der Waals surface area contributed by atoms with Crippen LogP contribution in [0.15, 0.2) is 72.8 Å². The van der Waals surface area contributed by atoms with Gasteiger partial charge in [0.2, 0.25) is 0 Å². The Morgan fingerprint density at radius 3 is 2.44 bits per heavy atom. The first-order valence-corrected chi connectivity index (χ1v) is 11.6. The number of anilines is 2. The van der Waals surface area contributed by atoms with E-state index >= 15 is 0 Å². The Hall–Kier alpha value is -4.66. The first-order chi connectivity index (χ1) is 17.6. The van der Waals surface area contributed by atoms with Gasteiger partial charge in [0.15, 0.2) is 12.4 Å². The molecule has 0 radical (unpaired) electrons. The van der Waals surface area contributed by atoms with Crippen LogP contribution >= 0.6 is 0 Å². The Morgan fingerprint density at radius 1 is 0.944 bits per heavy atom. The van der Waals surface area contributed by atoms with Gasteiger partial charge in [0, 0.05) is 34.5 Å². The Kier molecular flexibility index (Phi) is 6.61. The number of benzene rings is 3. The molecule has 0 saturated heterocycles. The second-order valence-electron chi connectivity index (χ2n) is 8.44. The molecule has 1 aliphatic carbocycles. The maximum atomic E-state index is 12.6. The quantitative estimate of drug-likeness (QED) is 0.320. The zero-order chi connectivity index (χ0) is 24.9. The summed E-state index contributed by atoms with van der Waals surface area (Å²) in [7, 11) is 1.56. The van der Waals surface area contributed by atoms with Crippen molar-refractivity contribution in [3.05, 3.63) is 84.2 Å². The first-order valence-electron chi connectivity index (χ1n) is 11.6. The molecule has 1 aromatic heterocycles. The van der Waals surface area contributed by atoms with Gasteiger partial charge in [-0.2, -0.15) is 5.10 Å². The van der Waals surface area contributed by atoms with E-state index < -0.39 is 0 Å². The minimum absolute atomic E-state index is 0.165. The van der Waals surface area contributed by atoms with Crippen LogP contribution in [-0.4, -0.2) is 40.7 Å². The van der Waals surface area contributed by atoms with E-state index in [0.717, 1.165) is 24.2 Å². The molecule has 0 bridgehead atoms. The van der Waals surface area contributed by atoms with Crippen LogP contribution in [0.25, 0.3) is 11.4 Å². The lowest BCUT2D eigenvalue weighted by Gasteiger charge is -2.09. The number of aromatic nitrogens is 3. The molecular weight excluding hydrogens is 458 g/mol. The summed E-state index contributed by atoms with van der Waals surface area (Å²) >= 11 is 0. The predicted octanol–water partition coefficient (Wildman–Crippen LogP) is 4.63. The van der Waals surface area contributed by atoms with Gasteiger partial charge < -0.3 is 20.1 Å². The molecule has 9 heteroatoms. The van der Waals surface area contributed by atoms with E-state index in [-0.39, 0.29) is 18.4 Å². The van der Waals surface area contributed by atoms with Crippen LogP contribution in [0, 0.1) is 0 Å². The van der Waals surface area contributed by atoms with Crippen molar-refractivity contribution in [2.75, 3.05) is 24.4 Å². The van der Waals surface area contributed by atoms with Crippen LogP contribution in [-0.2, 0) is 4.79 Å². The van der Waals surface area contributed by atoms with Crippen LogP contribution in [0.1, 0.15) is 34.9 Å². The number of hydrogen-bond donors (Lipinski definition) is 3. The van der Waals surface area contributed by atoms with Gasteiger partial charge in [-0.15, -0.1) is 0 Å². The van der Waals surface area contributed by atoms with Gasteiger partial charge in [0.1, 0.15) is 17.3 Å². The summed E-state index contributed by atoms with van der Waals surface area (Å²) in [6.45, 7) is -0.165. The van der Waals surface area contributed by atoms with Crippen LogP contribution in [0.4, 0.5) is 11.4 Å². The number of carbonyl (C=O) groups excluding carboxylic acids is 2. The van der Waals surface area contributed by atoms with Crippen LogP contribution in [0.2, 0.25) is 0 Å². The summed E-state index contributed by atoms with van der Waals surface area (Å²) in [6.07, 6.45) is 2.32. The number of rotatable bonds is 9. The molecule has 3 N–H and O–H groups in total. The lowest BCUT2D eigenvalue weighted by Crippen LogP contribution is -2.20. The fraction of sp³-hybridized carbons (Fsp3) is 0.185. The average molecular weight is 484 g/mol. The third-order valence-electron chi connectivity index (χ3n) is 5.71. The molecule has 1 heterocycles. The second-order valence-corrected chi connectivity index (χ2v) is 8.44. The maximum absolute atomic E-state index is 12.6. The Morgan fingerprint density at radius 2 is 1.72 bits per heavy atom. The van der Waals surface area contributed by atoms with Crippen molar-refractivity contribution < 1.29 is 19.1 Å². The van der Waals surface area contributed by atoms with Gasteiger partial charge >= 0.3 is 0 Å². The smallest absolute Gasteiger partial charge is 0.262 e. The Balaban J connectivity index is 1.12. The summed E-state index contributed by atoms with van der Waals surface area (Å²) in [4.78, 5) is 29.3. The van der Waals surface area contributed by atoms with Crippen molar-refractivity contribution in [1.82, 2.24) is 15.2 Å². The monoisotopic (exact) mass is 483 g/mol. The third kappa shape index (κ3) is 5.69. The molecule has 0 atom stereocenters. The van der Waals surface area contributed by atoms with Crippen LogP contribution < -0.4 is 20.1 Å². The number of H-pyrrole nitrogens is 1. The highest BCUT2D eigenvalue weighted by Crippen LogP contribution is 2.38. The van der Waals surface area contributed by atoms with Crippen LogP contribution in [0.3, 0.4) is 0 Å². The fourth-order valence-corrected chi connectivity index (χ4v) is 3.60. The second kappa shape index (κ2) is 10.3. The van der Waals surface area contributed by atoms with E-state index in [1.165, 1.54) is 0 Å². The first kappa shape index (κ1) is 23.1. The van der Waals surface area contributed by atoms with Crippen molar-refractivity contribution in [2.45, 2.75) is 18.8 Å². The Labute approximate surface area is 207 Å². The number of amides is 2. The molecular formula is C27H25N5O4. The molecule has 3 aromatic carbocycles. The summed E-state index contributed by atoms with van der Waals surface area (Å²) in [5.74, 6) is 2.68. The standard InChI is InChI=1S/C27H25N5O4/c1-35-23-4-2-3-21(15-23)28-24(33)16-36-22-13-9-19(10-14-22)27(34)29-20-11-7-18(8-12-20)26-30-25(31-32-26)17-5-6-17/h2-4,7-15,17H,5-6,16H2,1H3,(H,28,33)(H,29,34)(H,30,31,32).